The lowest BCUT2D eigenvalue weighted by Gasteiger charge is -2.15. The van der Waals surface area contributed by atoms with Gasteiger partial charge >= 0.3 is 5.97 Å². The van der Waals surface area contributed by atoms with E-state index in [1.165, 1.54) is 6.33 Å². The van der Waals surface area contributed by atoms with Gasteiger partial charge in [0.2, 0.25) is 5.89 Å². The normalized spacial score (nSPS) is 14.6. The number of nitrogens with one attached hydrogen (secondary N) is 1. The van der Waals surface area contributed by atoms with Crippen LogP contribution < -0.4 is 5.32 Å². The molecule has 0 amide bonds. The van der Waals surface area contributed by atoms with Crippen molar-refractivity contribution < 1.29 is 19.4 Å². The van der Waals surface area contributed by atoms with Crippen molar-refractivity contribution in [2.75, 3.05) is 18.4 Å². The van der Waals surface area contributed by atoms with Gasteiger partial charge in [-0.1, -0.05) is 12.1 Å². The summed E-state index contributed by atoms with van der Waals surface area (Å²) in [5.74, 6) is -0.0434. The van der Waals surface area contributed by atoms with Crippen LogP contribution in [0.3, 0.4) is 0 Å². The number of aliphatic carboxylic acids is 1. The largest absolute Gasteiger partial charge is 0.506 e. The molecule has 0 spiro atoms. The topological polar surface area (TPSA) is 179 Å². The molecular weight excluding hydrogens is 658 g/mol. The third-order valence-corrected chi connectivity index (χ3v) is 9.58. The smallest absolute Gasteiger partial charge is 0.307 e. The Hall–Kier alpha value is -6.65. The highest BCUT2D eigenvalue weighted by Gasteiger charge is 2.28. The first-order valence-electron chi connectivity index (χ1n) is 16.8. The molecule has 13 nitrogen and oxygen atoms in total. The Bertz CT molecular complexity index is 2550. The molecule has 1 fully saturated rings. The number of nitriles is 1. The van der Waals surface area contributed by atoms with Crippen LogP contribution in [0.1, 0.15) is 34.2 Å². The molecule has 258 valence electrons. The second kappa shape index (κ2) is 13.2. The van der Waals surface area contributed by atoms with E-state index < -0.39 is 5.97 Å². The number of aromatic hydroxyl groups is 1. The van der Waals surface area contributed by atoms with Gasteiger partial charge in [-0.2, -0.15) is 5.26 Å². The van der Waals surface area contributed by atoms with E-state index in [0.29, 0.717) is 66.5 Å². The van der Waals surface area contributed by atoms with E-state index in [1.54, 1.807) is 24.5 Å². The molecule has 1 aliphatic rings. The van der Waals surface area contributed by atoms with Crippen LogP contribution >= 0.6 is 0 Å². The molecule has 0 unspecified atom stereocenters. The van der Waals surface area contributed by atoms with Crippen molar-refractivity contribution in [2.45, 2.75) is 33.4 Å². The first kappa shape index (κ1) is 32.5. The van der Waals surface area contributed by atoms with E-state index in [1.807, 2.05) is 61.1 Å². The molecule has 13 heteroatoms. The lowest BCUT2D eigenvalue weighted by atomic mass is 9.99. The van der Waals surface area contributed by atoms with Crippen molar-refractivity contribution in [3.05, 3.63) is 107 Å². The van der Waals surface area contributed by atoms with Gasteiger partial charge in [0.25, 0.3) is 0 Å². The van der Waals surface area contributed by atoms with E-state index in [4.69, 9.17) is 14.4 Å². The maximum atomic E-state index is 11.4. The average molecular weight is 692 g/mol. The predicted molar refractivity (Wildman–Crippen MR) is 194 cm³/mol. The minimum absolute atomic E-state index is 0.221. The standard InChI is InChI=1S/C39H33N9O4/c1-22-30(4-3-5-31(22)45-37-35-26(6-9-41-37)13-25(16-42-35)18-48-11-8-29(49)20-48)33-23(2)34(44-21-43-33)38-46-32-14-24(12-28(15-40)36(32)52-38)17-47-10-7-27(19-47)39(50)51/h3-6,8-9,11-14,16,20-21,27,49H,7,10,17-19H2,1-2H3,(H,41,45)(H,50,51)/t27-/m1/s1. The highest BCUT2D eigenvalue weighted by molar-refractivity contribution is 5.91. The van der Waals surface area contributed by atoms with Crippen LogP contribution in [0.4, 0.5) is 11.5 Å². The van der Waals surface area contributed by atoms with Gasteiger partial charge in [0.1, 0.15) is 34.9 Å². The van der Waals surface area contributed by atoms with Gasteiger partial charge in [0, 0.05) is 66.6 Å². The number of nitrogens with zero attached hydrogens (tertiary/aromatic N) is 8. The molecule has 1 aliphatic heterocycles. The zero-order chi connectivity index (χ0) is 35.9. The van der Waals surface area contributed by atoms with Crippen LogP contribution in [0.5, 0.6) is 5.75 Å². The fraction of sp³-hybridized carbons (Fsp3) is 0.205. The summed E-state index contributed by atoms with van der Waals surface area (Å²) in [4.78, 5) is 36.8. The summed E-state index contributed by atoms with van der Waals surface area (Å²) in [6.07, 6.45) is 9.15. The number of anilines is 2. The Kier molecular flexibility index (Phi) is 8.29. The van der Waals surface area contributed by atoms with Crippen molar-refractivity contribution in [3.63, 3.8) is 0 Å². The van der Waals surface area contributed by atoms with Gasteiger partial charge in [-0.3, -0.25) is 14.7 Å². The Labute approximate surface area is 297 Å². The van der Waals surface area contributed by atoms with Gasteiger partial charge in [-0.05, 0) is 79.9 Å². The molecule has 5 aromatic heterocycles. The predicted octanol–water partition coefficient (Wildman–Crippen LogP) is 6.59. The van der Waals surface area contributed by atoms with Gasteiger partial charge in [-0.25, -0.2) is 19.9 Å². The summed E-state index contributed by atoms with van der Waals surface area (Å²) in [6.45, 7) is 6.18. The van der Waals surface area contributed by atoms with Crippen LogP contribution in [-0.4, -0.2) is 63.7 Å². The van der Waals surface area contributed by atoms with E-state index >= 15 is 0 Å². The zero-order valence-electron chi connectivity index (χ0n) is 28.4. The maximum Gasteiger partial charge on any atom is 0.307 e. The average Bonchev–Trinajstić information content (AvgIpc) is 3.89. The van der Waals surface area contributed by atoms with Crippen molar-refractivity contribution in [1.29, 1.82) is 5.26 Å². The molecule has 2 aromatic carbocycles. The van der Waals surface area contributed by atoms with Crippen LogP contribution in [-0.2, 0) is 17.9 Å². The fourth-order valence-electron chi connectivity index (χ4n) is 6.92. The van der Waals surface area contributed by atoms with E-state index in [-0.39, 0.29) is 17.6 Å². The Balaban J connectivity index is 1.08. The van der Waals surface area contributed by atoms with Gasteiger partial charge in [0.15, 0.2) is 11.4 Å². The van der Waals surface area contributed by atoms with Crippen LogP contribution in [0.2, 0.25) is 0 Å². The Morgan fingerprint density at radius 2 is 1.90 bits per heavy atom. The number of hydrogen-bond donors (Lipinski definition) is 3. The third-order valence-electron chi connectivity index (χ3n) is 9.58. The molecule has 1 atom stereocenters. The maximum absolute atomic E-state index is 11.4. The first-order valence-corrected chi connectivity index (χ1v) is 16.8. The quantitative estimate of drug-likeness (QED) is 0.148. The second-order valence-electron chi connectivity index (χ2n) is 13.1. The summed E-state index contributed by atoms with van der Waals surface area (Å²) >= 11 is 0. The molecule has 1 saturated heterocycles. The number of carboxylic acids is 1. The minimum atomic E-state index is -0.781. The Morgan fingerprint density at radius 1 is 1.04 bits per heavy atom. The van der Waals surface area contributed by atoms with E-state index in [0.717, 1.165) is 44.4 Å². The number of carbonyl (C=O) groups is 1. The number of rotatable bonds is 9. The van der Waals surface area contributed by atoms with E-state index in [2.05, 4.69) is 37.3 Å². The summed E-state index contributed by atoms with van der Waals surface area (Å²) in [5, 5.41) is 33.5. The number of carboxylic acid groups (broad SMARTS) is 1. The fourth-order valence-corrected chi connectivity index (χ4v) is 6.92. The SMILES string of the molecule is Cc1c(Nc2nccc3cc(Cn4ccc(O)c4)cnc23)cccc1-c1ncnc(-c2nc3cc(CN4CC[C@@H](C(=O)O)C4)cc(C#N)c3o2)c1C. The van der Waals surface area contributed by atoms with Crippen molar-refractivity contribution >= 4 is 39.5 Å². The second-order valence-corrected chi connectivity index (χ2v) is 13.1. The third kappa shape index (κ3) is 6.16. The summed E-state index contributed by atoms with van der Waals surface area (Å²) in [7, 11) is 0. The molecule has 0 saturated carbocycles. The number of pyridine rings is 2. The van der Waals surface area contributed by atoms with Crippen LogP contribution in [0.25, 0.3) is 44.8 Å². The minimum Gasteiger partial charge on any atom is -0.506 e. The zero-order valence-corrected chi connectivity index (χ0v) is 28.4. The summed E-state index contributed by atoms with van der Waals surface area (Å²) in [5.41, 5.74) is 8.51. The van der Waals surface area contributed by atoms with Crippen molar-refractivity contribution in [3.8, 4) is 34.7 Å². The molecular formula is C39H33N9O4. The lowest BCUT2D eigenvalue weighted by Crippen LogP contribution is -2.22. The summed E-state index contributed by atoms with van der Waals surface area (Å²) < 4.78 is 8.08. The monoisotopic (exact) mass is 691 g/mol. The molecule has 0 aliphatic carbocycles. The van der Waals surface area contributed by atoms with Gasteiger partial charge in [0.05, 0.1) is 17.2 Å². The number of hydrogen-bond acceptors (Lipinski definition) is 11. The Morgan fingerprint density at radius 3 is 2.69 bits per heavy atom. The highest BCUT2D eigenvalue weighted by atomic mass is 16.4. The lowest BCUT2D eigenvalue weighted by molar-refractivity contribution is -0.141. The highest BCUT2D eigenvalue weighted by Crippen LogP contribution is 2.36. The molecule has 0 radical (unpaired) electrons. The number of fused-ring (bicyclic) bond motifs is 2. The molecule has 0 bridgehead atoms. The van der Waals surface area contributed by atoms with Crippen LogP contribution in [0, 0.1) is 31.1 Å². The molecule has 52 heavy (non-hydrogen) atoms. The van der Waals surface area contributed by atoms with Crippen LogP contribution in [0.15, 0.2) is 84.1 Å². The number of benzene rings is 2. The van der Waals surface area contributed by atoms with Crippen molar-refractivity contribution in [2.24, 2.45) is 5.92 Å². The molecule has 8 rings (SSSR count). The number of aromatic nitrogens is 6. The summed E-state index contributed by atoms with van der Waals surface area (Å²) in [6, 6.07) is 17.5. The molecule has 7 aromatic rings. The van der Waals surface area contributed by atoms with E-state index in [9.17, 15) is 20.3 Å². The number of oxazole rings is 1. The molecule has 3 N–H and O–H groups in total. The number of likely N-dealkylation sites (tertiary alicyclic amines) is 1. The molecule has 6 heterocycles. The van der Waals surface area contributed by atoms with Gasteiger partial charge < -0.3 is 24.5 Å². The van der Waals surface area contributed by atoms with Gasteiger partial charge in [-0.15, -0.1) is 0 Å². The van der Waals surface area contributed by atoms with Crippen molar-refractivity contribution in [1.82, 2.24) is 34.4 Å². The first-order chi connectivity index (χ1) is 25.2.